The van der Waals surface area contributed by atoms with Crippen LogP contribution in [0.2, 0.25) is 0 Å². The molecule has 2 aromatic rings. The molecule has 0 saturated carbocycles. The van der Waals surface area contributed by atoms with Gasteiger partial charge in [-0.15, -0.1) is 0 Å². The lowest BCUT2D eigenvalue weighted by Crippen LogP contribution is -2.14. The minimum absolute atomic E-state index is 0.951. The third kappa shape index (κ3) is 31.7. The molecule has 0 unspecified atom stereocenters. The van der Waals surface area contributed by atoms with Gasteiger partial charge in [-0.05, 0) is 87.1 Å². The maximum Gasteiger partial charge on any atom is 0.0634 e. The van der Waals surface area contributed by atoms with Gasteiger partial charge in [0.15, 0.2) is 0 Å². The van der Waals surface area contributed by atoms with Crippen LogP contribution in [0, 0.1) is 23.7 Å². The lowest BCUT2D eigenvalue weighted by Gasteiger charge is -2.11. The van der Waals surface area contributed by atoms with Crippen LogP contribution in [0.25, 0.3) is 0 Å². The van der Waals surface area contributed by atoms with Crippen molar-refractivity contribution >= 4 is 22.8 Å². The fourth-order valence-electron chi connectivity index (χ4n) is 8.29. The second-order valence-electron chi connectivity index (χ2n) is 18.4. The Morgan fingerprint density at radius 1 is 0.306 bits per heavy atom. The van der Waals surface area contributed by atoms with E-state index in [4.69, 9.17) is 9.98 Å². The Labute approximate surface area is 386 Å². The van der Waals surface area contributed by atoms with E-state index in [9.17, 15) is 0 Å². The molecular weight excluding hydrogens is 749 g/mol. The molecule has 0 radical (unpaired) electrons. The summed E-state index contributed by atoms with van der Waals surface area (Å²) in [4.78, 5) is 10.5. The number of benzene rings is 2. The number of aliphatic imine (C=N–C) groups is 2. The summed E-state index contributed by atoms with van der Waals surface area (Å²) in [7, 11) is 0. The molecule has 0 aliphatic rings. The van der Waals surface area contributed by atoms with Crippen LogP contribution < -0.4 is 0 Å². The molecule has 62 heavy (non-hydrogen) atoms. The molecule has 0 aromatic heterocycles. The van der Waals surface area contributed by atoms with Crippen LogP contribution in [-0.2, 0) is 0 Å². The van der Waals surface area contributed by atoms with Crippen LogP contribution in [0.1, 0.15) is 283 Å². The van der Waals surface area contributed by atoms with Crippen molar-refractivity contribution in [3.8, 4) is 23.7 Å². The zero-order valence-electron chi connectivity index (χ0n) is 41.4. The Kier molecular flexibility index (Phi) is 37.2. The van der Waals surface area contributed by atoms with Crippen LogP contribution in [0.3, 0.4) is 0 Å². The van der Waals surface area contributed by atoms with E-state index in [0.29, 0.717) is 0 Å². The van der Waals surface area contributed by atoms with E-state index in [1.54, 1.807) is 0 Å². The van der Waals surface area contributed by atoms with Crippen LogP contribution >= 0.6 is 0 Å². The third-order valence-electron chi connectivity index (χ3n) is 12.4. The molecule has 346 valence electrons. The molecule has 2 aromatic carbocycles. The normalized spacial score (nSPS) is 11.7. The average molecular weight is 845 g/mol. The number of unbranched alkanes of at least 4 members (excludes halogenated alkanes) is 32. The van der Waals surface area contributed by atoms with Crippen LogP contribution in [-0.4, -0.2) is 11.4 Å². The van der Waals surface area contributed by atoms with Crippen molar-refractivity contribution in [2.45, 2.75) is 272 Å². The van der Waals surface area contributed by atoms with E-state index in [1.807, 2.05) is 0 Å². The molecule has 0 heterocycles. The van der Waals surface area contributed by atoms with Crippen molar-refractivity contribution in [1.29, 1.82) is 0 Å². The largest absolute Gasteiger partial charge is 0.252 e. The second-order valence-corrected chi connectivity index (χ2v) is 18.4. The Bertz CT molecular complexity index is 1490. The summed E-state index contributed by atoms with van der Waals surface area (Å²) >= 11 is 0. The van der Waals surface area contributed by atoms with Crippen molar-refractivity contribution in [1.82, 2.24) is 0 Å². The van der Waals surface area contributed by atoms with Crippen molar-refractivity contribution in [2.75, 3.05) is 0 Å². The Balaban J connectivity index is 1.82. The van der Waals surface area contributed by atoms with Crippen LogP contribution in [0.5, 0.6) is 0 Å². The molecule has 0 saturated heterocycles. The average Bonchev–Trinajstić information content (AvgIpc) is 3.29. The van der Waals surface area contributed by atoms with Gasteiger partial charge >= 0.3 is 0 Å². The zero-order valence-corrected chi connectivity index (χ0v) is 41.4. The molecule has 0 N–H and O–H groups in total. The summed E-state index contributed by atoms with van der Waals surface area (Å²) in [5.74, 6) is 13.7. The summed E-state index contributed by atoms with van der Waals surface area (Å²) in [5.41, 5.74) is 6.45. The zero-order chi connectivity index (χ0) is 44.2. The van der Waals surface area contributed by atoms with Gasteiger partial charge in [-0.25, -0.2) is 0 Å². The lowest BCUT2D eigenvalue weighted by atomic mass is 10.0. The topological polar surface area (TPSA) is 24.7 Å². The third-order valence-corrected chi connectivity index (χ3v) is 12.4. The number of nitrogens with zero attached hydrogens (tertiary/aromatic N) is 2. The number of hydrogen-bond acceptors (Lipinski definition) is 2. The summed E-state index contributed by atoms with van der Waals surface area (Å²) in [5, 5.41) is 0. The van der Waals surface area contributed by atoms with Gasteiger partial charge in [0.05, 0.1) is 22.8 Å². The first-order valence-electron chi connectivity index (χ1n) is 27.0. The predicted octanol–water partition coefficient (Wildman–Crippen LogP) is 20.1. The van der Waals surface area contributed by atoms with Crippen molar-refractivity contribution in [3.05, 3.63) is 59.7 Å². The standard InChI is InChI=1S/C60H96N2/c1-5-9-13-16-18-20-22-24-26-28-30-32-34-36-38-40-43-55-47-51-57(52-48-55)61-59(45-12-8-4)60(46-42-15-11-7-3)62-58-53-49-56(50-54-58)44-41-39-37-35-33-31-29-27-25-23-21-19-17-14-10-6-2/h47-54H,5-39,42,45-46H2,1-4H3. The fourth-order valence-corrected chi connectivity index (χ4v) is 8.29. The minimum Gasteiger partial charge on any atom is -0.252 e. The molecule has 0 bridgehead atoms. The van der Waals surface area contributed by atoms with Gasteiger partial charge in [-0.1, -0.05) is 244 Å². The fraction of sp³-hybridized carbons (Fsp3) is 0.700. The smallest absolute Gasteiger partial charge is 0.0634 e. The molecule has 0 aliphatic carbocycles. The van der Waals surface area contributed by atoms with Crippen molar-refractivity contribution in [3.63, 3.8) is 0 Å². The highest BCUT2D eigenvalue weighted by Gasteiger charge is 2.11. The molecule has 0 atom stereocenters. The highest BCUT2D eigenvalue weighted by atomic mass is 14.8. The Morgan fingerprint density at radius 3 is 0.871 bits per heavy atom. The van der Waals surface area contributed by atoms with Gasteiger partial charge in [0.1, 0.15) is 0 Å². The van der Waals surface area contributed by atoms with Gasteiger partial charge in [0.2, 0.25) is 0 Å². The molecule has 0 amide bonds. The van der Waals surface area contributed by atoms with Gasteiger partial charge < -0.3 is 0 Å². The predicted molar refractivity (Wildman–Crippen MR) is 279 cm³/mol. The maximum absolute atomic E-state index is 5.27. The molecule has 0 spiro atoms. The van der Waals surface area contributed by atoms with Gasteiger partial charge in [-0.3, -0.25) is 9.98 Å². The molecule has 2 heteroatoms. The van der Waals surface area contributed by atoms with Crippen LogP contribution in [0.4, 0.5) is 11.4 Å². The maximum atomic E-state index is 5.27. The first-order chi connectivity index (χ1) is 30.7. The first kappa shape index (κ1) is 55.0. The molecule has 2 nitrogen and oxygen atoms in total. The highest BCUT2D eigenvalue weighted by molar-refractivity contribution is 6.43. The molecule has 0 aliphatic heterocycles. The highest BCUT2D eigenvalue weighted by Crippen LogP contribution is 2.21. The van der Waals surface area contributed by atoms with E-state index >= 15 is 0 Å². The summed E-state index contributed by atoms with van der Waals surface area (Å²) in [6, 6.07) is 17.2. The van der Waals surface area contributed by atoms with E-state index in [1.165, 1.54) is 199 Å². The van der Waals surface area contributed by atoms with E-state index < -0.39 is 0 Å². The van der Waals surface area contributed by atoms with Crippen molar-refractivity contribution < 1.29 is 0 Å². The quantitative estimate of drug-likeness (QED) is 0.0364. The lowest BCUT2D eigenvalue weighted by molar-refractivity contribution is 0.536. The summed E-state index contributed by atoms with van der Waals surface area (Å²) in [6.07, 6.45) is 50.0. The van der Waals surface area contributed by atoms with Crippen molar-refractivity contribution in [2.24, 2.45) is 9.98 Å². The Morgan fingerprint density at radius 2 is 0.565 bits per heavy atom. The number of hydrogen-bond donors (Lipinski definition) is 0. The molecule has 0 fully saturated rings. The summed E-state index contributed by atoms with van der Waals surface area (Å²) < 4.78 is 0. The Hall–Kier alpha value is -3.10. The number of rotatable bonds is 39. The van der Waals surface area contributed by atoms with Gasteiger partial charge in [-0.2, -0.15) is 0 Å². The van der Waals surface area contributed by atoms with E-state index in [-0.39, 0.29) is 0 Å². The van der Waals surface area contributed by atoms with Crippen LogP contribution in [0.15, 0.2) is 58.5 Å². The first-order valence-corrected chi connectivity index (χ1v) is 27.0. The van der Waals surface area contributed by atoms with Gasteiger partial charge in [0.25, 0.3) is 0 Å². The molecule has 2 rings (SSSR count). The van der Waals surface area contributed by atoms with E-state index in [0.717, 1.165) is 78.9 Å². The molecular formula is C60H96N2. The van der Waals surface area contributed by atoms with E-state index in [2.05, 4.69) is 99.9 Å². The monoisotopic (exact) mass is 845 g/mol. The summed E-state index contributed by atoms with van der Waals surface area (Å²) in [6.45, 7) is 9.14. The second kappa shape index (κ2) is 41.9. The minimum atomic E-state index is 0.951. The SMILES string of the molecule is CCCCCCCCCCCCCCCCC#Cc1ccc(N=C(CCCC)C(CCCCCC)=Nc2ccc(C#CCCCCCCCCCCCCCCCC)cc2)cc1. The van der Waals surface area contributed by atoms with Gasteiger partial charge in [0, 0.05) is 24.0 Å².